The molecule has 9 nitrogen and oxygen atoms in total. The summed E-state index contributed by atoms with van der Waals surface area (Å²) in [4.78, 5) is 38.0. The van der Waals surface area contributed by atoms with Crippen molar-refractivity contribution in [3.05, 3.63) is 85.1 Å². The number of hydrogen-bond donors (Lipinski definition) is 2. The van der Waals surface area contributed by atoms with E-state index in [1.165, 1.54) is 238 Å². The first-order valence-electron chi connectivity index (χ1n) is 37.9. The molecule has 0 fully saturated rings. The molecule has 518 valence electrons. The Labute approximate surface area is 552 Å². The molecule has 10 heteroatoms. The van der Waals surface area contributed by atoms with Crippen LogP contribution in [0.1, 0.15) is 355 Å². The number of phosphoric ester groups is 1. The number of hydrogen-bond acceptors (Lipinski definition) is 6. The van der Waals surface area contributed by atoms with E-state index in [2.05, 4.69) is 99.0 Å². The molecule has 0 radical (unpaired) electrons. The number of nitrogens with zero attached hydrogens (tertiary/aromatic N) is 1. The number of ether oxygens (including phenoxy) is 1. The van der Waals surface area contributed by atoms with Crippen molar-refractivity contribution in [2.75, 3.05) is 40.9 Å². The first-order chi connectivity index (χ1) is 43.4. The maximum Gasteiger partial charge on any atom is 0.472 e. The molecule has 0 aliphatic carbocycles. The van der Waals surface area contributed by atoms with E-state index in [1.807, 2.05) is 33.3 Å². The zero-order valence-corrected chi connectivity index (χ0v) is 60.3. The largest absolute Gasteiger partial charge is 0.472 e. The molecule has 2 N–H and O–H groups in total. The van der Waals surface area contributed by atoms with Crippen LogP contribution in [0.15, 0.2) is 85.1 Å². The normalized spacial score (nSPS) is 13.9. The van der Waals surface area contributed by atoms with Crippen LogP contribution in [0.4, 0.5) is 0 Å². The summed E-state index contributed by atoms with van der Waals surface area (Å²) in [5.41, 5.74) is 0. The molecular formula is C79H146N2O7P+. The average Bonchev–Trinajstić information content (AvgIpc) is 3.63. The minimum atomic E-state index is -4.46. The van der Waals surface area contributed by atoms with Gasteiger partial charge in [-0.15, -0.1) is 0 Å². The molecule has 0 heterocycles. The van der Waals surface area contributed by atoms with Crippen LogP contribution >= 0.6 is 7.82 Å². The number of quaternary nitrogens is 1. The second-order valence-electron chi connectivity index (χ2n) is 26.8. The average molecular weight is 1270 g/mol. The monoisotopic (exact) mass is 1270 g/mol. The third-order valence-electron chi connectivity index (χ3n) is 16.8. The Hall–Kier alpha value is -2.81. The van der Waals surface area contributed by atoms with E-state index in [-0.39, 0.29) is 31.5 Å². The summed E-state index contributed by atoms with van der Waals surface area (Å²) in [6.45, 7) is 7.00. The van der Waals surface area contributed by atoms with Gasteiger partial charge in [0.25, 0.3) is 0 Å². The first-order valence-corrected chi connectivity index (χ1v) is 39.4. The van der Waals surface area contributed by atoms with Gasteiger partial charge in [0.2, 0.25) is 5.91 Å². The van der Waals surface area contributed by atoms with Crippen LogP contribution in [0.5, 0.6) is 0 Å². The highest BCUT2D eigenvalue weighted by Gasteiger charge is 2.30. The molecule has 0 saturated carbocycles. The molecule has 0 aliphatic rings. The second-order valence-corrected chi connectivity index (χ2v) is 28.3. The Balaban J connectivity index is 5.03. The fraction of sp³-hybridized carbons (Fsp3) is 0.797. The van der Waals surface area contributed by atoms with Gasteiger partial charge in [-0.3, -0.25) is 18.6 Å². The summed E-state index contributed by atoms with van der Waals surface area (Å²) < 4.78 is 30.9. The van der Waals surface area contributed by atoms with Gasteiger partial charge in [-0.25, -0.2) is 4.57 Å². The number of likely N-dealkylation sites (N-methyl/N-ethyl adjacent to an activating group) is 1. The molecule has 0 aromatic heterocycles. The van der Waals surface area contributed by atoms with Crippen LogP contribution in [-0.4, -0.2) is 74.3 Å². The van der Waals surface area contributed by atoms with E-state index in [9.17, 15) is 19.0 Å². The van der Waals surface area contributed by atoms with Crippen LogP contribution in [-0.2, 0) is 27.9 Å². The highest BCUT2D eigenvalue weighted by Crippen LogP contribution is 2.43. The number of carbonyl (C=O) groups excluding carboxylic acids is 2. The smallest absolute Gasteiger partial charge is 0.456 e. The van der Waals surface area contributed by atoms with Gasteiger partial charge in [-0.05, 0) is 109 Å². The molecule has 89 heavy (non-hydrogen) atoms. The van der Waals surface area contributed by atoms with E-state index in [1.54, 1.807) is 0 Å². The Morgan fingerprint density at radius 3 is 1.04 bits per heavy atom. The summed E-state index contributed by atoms with van der Waals surface area (Å²) in [6, 6.07) is -0.855. The molecule has 3 unspecified atom stereocenters. The summed E-state index contributed by atoms with van der Waals surface area (Å²) in [6.07, 6.45) is 91.7. The maximum absolute atomic E-state index is 13.6. The van der Waals surface area contributed by atoms with Gasteiger partial charge in [-0.2, -0.15) is 0 Å². The van der Waals surface area contributed by atoms with Crippen molar-refractivity contribution in [2.24, 2.45) is 0 Å². The van der Waals surface area contributed by atoms with Gasteiger partial charge in [0.05, 0.1) is 33.8 Å². The van der Waals surface area contributed by atoms with Crippen molar-refractivity contribution in [3.8, 4) is 0 Å². The summed E-state index contributed by atoms with van der Waals surface area (Å²) >= 11 is 0. The zero-order valence-electron chi connectivity index (χ0n) is 59.4. The number of phosphoric acid groups is 1. The molecule has 0 aromatic rings. The summed E-state index contributed by atoms with van der Waals surface area (Å²) in [5.74, 6) is -0.499. The van der Waals surface area contributed by atoms with E-state index in [0.717, 1.165) is 83.5 Å². The van der Waals surface area contributed by atoms with Crippen molar-refractivity contribution in [1.29, 1.82) is 0 Å². The van der Waals surface area contributed by atoms with Crippen molar-refractivity contribution in [3.63, 3.8) is 0 Å². The topological polar surface area (TPSA) is 111 Å². The van der Waals surface area contributed by atoms with Crippen molar-refractivity contribution >= 4 is 19.7 Å². The van der Waals surface area contributed by atoms with E-state index in [0.29, 0.717) is 17.4 Å². The van der Waals surface area contributed by atoms with Crippen LogP contribution in [0.2, 0.25) is 0 Å². The van der Waals surface area contributed by atoms with Crippen LogP contribution in [0, 0.1) is 0 Å². The number of allylic oxidation sites excluding steroid dienone is 13. The molecule has 0 aliphatic heterocycles. The Morgan fingerprint density at radius 2 is 0.685 bits per heavy atom. The molecular weight excluding hydrogens is 1120 g/mol. The zero-order chi connectivity index (χ0) is 64.9. The Bertz CT molecular complexity index is 1800. The highest BCUT2D eigenvalue weighted by molar-refractivity contribution is 7.47. The summed E-state index contributed by atoms with van der Waals surface area (Å²) in [7, 11) is 1.50. The molecule has 3 atom stereocenters. The van der Waals surface area contributed by atoms with Crippen LogP contribution in [0.25, 0.3) is 0 Å². The molecule has 1 amide bonds. The lowest BCUT2D eigenvalue weighted by Crippen LogP contribution is -2.47. The Kier molecular flexibility index (Phi) is 65.9. The number of rotatable bonds is 69. The van der Waals surface area contributed by atoms with Gasteiger partial charge in [0, 0.05) is 12.8 Å². The van der Waals surface area contributed by atoms with Gasteiger partial charge >= 0.3 is 13.8 Å². The Morgan fingerprint density at radius 1 is 0.393 bits per heavy atom. The van der Waals surface area contributed by atoms with Crippen LogP contribution < -0.4 is 5.32 Å². The highest BCUT2D eigenvalue weighted by atomic mass is 31.2. The minimum absolute atomic E-state index is 0.0377. The van der Waals surface area contributed by atoms with Gasteiger partial charge in [-0.1, -0.05) is 318 Å². The van der Waals surface area contributed by atoms with Crippen molar-refractivity contribution < 1.29 is 37.3 Å². The first kappa shape index (κ1) is 86.2. The van der Waals surface area contributed by atoms with E-state index >= 15 is 0 Å². The fourth-order valence-corrected chi connectivity index (χ4v) is 11.7. The van der Waals surface area contributed by atoms with Crippen molar-refractivity contribution in [2.45, 2.75) is 367 Å². The molecule has 0 aromatic carbocycles. The number of carbonyl (C=O) groups is 2. The van der Waals surface area contributed by atoms with E-state index in [4.69, 9.17) is 13.8 Å². The molecule has 0 bridgehead atoms. The van der Waals surface area contributed by atoms with E-state index < -0.39 is 20.0 Å². The van der Waals surface area contributed by atoms with Gasteiger partial charge < -0.3 is 19.4 Å². The summed E-state index contributed by atoms with van der Waals surface area (Å²) in [5, 5.41) is 3.08. The molecule has 0 spiro atoms. The third-order valence-corrected chi connectivity index (χ3v) is 17.8. The lowest BCUT2D eigenvalue weighted by Gasteiger charge is -2.27. The number of amides is 1. The number of nitrogens with one attached hydrogen (secondary N) is 1. The minimum Gasteiger partial charge on any atom is -0.456 e. The lowest BCUT2D eigenvalue weighted by molar-refractivity contribution is -0.870. The fourth-order valence-electron chi connectivity index (χ4n) is 11.0. The lowest BCUT2D eigenvalue weighted by atomic mass is 10.0. The third kappa shape index (κ3) is 69.4. The molecule has 0 saturated heterocycles. The van der Waals surface area contributed by atoms with Crippen LogP contribution in [0.3, 0.4) is 0 Å². The van der Waals surface area contributed by atoms with Gasteiger partial charge in [0.1, 0.15) is 19.3 Å². The SMILES string of the molecule is CCCCC/C=C\C/C=C\C/C=C\CCCCCCCCCCCCCCCCC(=O)OC(/C=C/CCCCCCCCCCCCC)C(COP(=O)(O)OCC[N+](C)(C)C)NC(=O)CCCCCCCCCCCC/C=C\C/C=C\C/C=C\CCCCC. The predicted molar refractivity (Wildman–Crippen MR) is 388 cm³/mol. The second kappa shape index (κ2) is 68.1. The standard InChI is InChI=1S/C79H145N2O7P/c1-7-10-13-16-19-22-25-28-30-32-34-36-38-39-40-41-43-45-47-49-51-54-57-60-63-66-69-72-79(83)88-77(70-67-64-61-58-55-52-27-24-21-18-15-12-9-3)76(75-87-89(84,85)86-74-73-81(4,5)6)80-78(82)71-68-65-62-59-56-53-50-48-46-44-42-37-35-33-31-29-26-23-20-17-14-11-8-2/h19-20,22-23,28-31,34-37,67,70,76-77H,7-18,21,24-27,32-33,38-66,68-69,71-75H2,1-6H3,(H-,80,82,84,85)/p+1/b22-19-,23-20-,30-28-,31-29-,36-34-,37-35-,70-67+. The number of unbranched alkanes of at least 4 members (excludes halogenated alkanes) is 41. The van der Waals surface area contributed by atoms with Crippen molar-refractivity contribution in [1.82, 2.24) is 5.32 Å². The predicted octanol–water partition coefficient (Wildman–Crippen LogP) is 24.5. The maximum atomic E-state index is 13.6. The van der Waals surface area contributed by atoms with Gasteiger partial charge in [0.15, 0.2) is 0 Å². The quantitative estimate of drug-likeness (QED) is 0.0205. The number of esters is 1. The molecule has 0 rings (SSSR count).